The predicted molar refractivity (Wildman–Crippen MR) is 87.6 cm³/mol. The first-order valence-electron chi connectivity index (χ1n) is 7.19. The van der Waals surface area contributed by atoms with E-state index in [0.717, 1.165) is 28.8 Å². The molecule has 0 amide bonds. The van der Waals surface area contributed by atoms with Gasteiger partial charge in [-0.05, 0) is 73.3 Å². The van der Waals surface area contributed by atoms with Crippen LogP contribution < -0.4 is 5.32 Å². The Balaban J connectivity index is 2.55. The quantitative estimate of drug-likeness (QED) is 0.828. The lowest BCUT2D eigenvalue weighted by molar-refractivity contribution is 0.601. The average molecular weight is 306 g/mol. The largest absolute Gasteiger partial charge is 0.306 e. The molecule has 112 valence electrons. The number of rotatable bonds is 4. The van der Waals surface area contributed by atoms with Gasteiger partial charge in [-0.25, -0.2) is 4.39 Å². The Morgan fingerprint density at radius 3 is 2.33 bits per heavy atom. The van der Waals surface area contributed by atoms with Crippen molar-refractivity contribution in [3.63, 3.8) is 0 Å². The molecule has 21 heavy (non-hydrogen) atoms. The number of aryl methyl sites for hydroxylation is 3. The maximum absolute atomic E-state index is 13.7. The van der Waals surface area contributed by atoms with Crippen molar-refractivity contribution in [2.24, 2.45) is 0 Å². The molecule has 2 aromatic rings. The van der Waals surface area contributed by atoms with Gasteiger partial charge in [0.25, 0.3) is 0 Å². The van der Waals surface area contributed by atoms with Crippen LogP contribution in [-0.2, 0) is 0 Å². The summed E-state index contributed by atoms with van der Waals surface area (Å²) in [7, 11) is 0. The van der Waals surface area contributed by atoms with E-state index in [-0.39, 0.29) is 11.9 Å². The van der Waals surface area contributed by atoms with Crippen molar-refractivity contribution in [2.45, 2.75) is 33.7 Å². The number of hydrogen-bond donors (Lipinski definition) is 1. The Bertz CT molecular complexity index is 632. The molecule has 3 heteroatoms. The summed E-state index contributed by atoms with van der Waals surface area (Å²) in [5.74, 6) is -0.215. The zero-order valence-electron chi connectivity index (χ0n) is 12.9. The molecule has 0 saturated carbocycles. The van der Waals surface area contributed by atoms with Crippen molar-refractivity contribution < 1.29 is 4.39 Å². The smallest absolute Gasteiger partial charge is 0.123 e. The second-order valence-electron chi connectivity index (χ2n) is 5.51. The van der Waals surface area contributed by atoms with Crippen LogP contribution in [0.4, 0.5) is 4.39 Å². The fourth-order valence-corrected chi connectivity index (χ4v) is 2.89. The Kier molecular flexibility index (Phi) is 5.02. The third kappa shape index (κ3) is 3.63. The van der Waals surface area contributed by atoms with Gasteiger partial charge in [0, 0.05) is 5.02 Å². The normalized spacial score (nSPS) is 12.5. The number of benzene rings is 2. The SMILES string of the molecule is CCNC(c1cc(C)cc(F)c1)c1cc(C)c(C)cc1Cl. The van der Waals surface area contributed by atoms with Gasteiger partial charge < -0.3 is 5.32 Å². The summed E-state index contributed by atoms with van der Waals surface area (Å²) in [6.45, 7) is 8.82. The fourth-order valence-electron chi connectivity index (χ4n) is 2.57. The van der Waals surface area contributed by atoms with E-state index in [1.165, 1.54) is 11.6 Å². The number of halogens is 2. The molecule has 0 bridgehead atoms. The van der Waals surface area contributed by atoms with Crippen LogP contribution in [0.5, 0.6) is 0 Å². The summed E-state index contributed by atoms with van der Waals surface area (Å²) in [5, 5.41) is 4.12. The van der Waals surface area contributed by atoms with Crippen LogP contribution in [-0.4, -0.2) is 6.54 Å². The van der Waals surface area contributed by atoms with Gasteiger partial charge in [0.05, 0.1) is 6.04 Å². The monoisotopic (exact) mass is 305 g/mol. The molecule has 0 radical (unpaired) electrons. The Hall–Kier alpha value is -1.38. The van der Waals surface area contributed by atoms with E-state index >= 15 is 0 Å². The lowest BCUT2D eigenvalue weighted by Gasteiger charge is -2.22. The molecule has 0 aromatic heterocycles. The van der Waals surface area contributed by atoms with Gasteiger partial charge in [-0.2, -0.15) is 0 Å². The predicted octanol–water partition coefficient (Wildman–Crippen LogP) is 5.10. The number of nitrogens with one attached hydrogen (secondary N) is 1. The van der Waals surface area contributed by atoms with Gasteiger partial charge in [0.1, 0.15) is 5.82 Å². The first-order chi connectivity index (χ1) is 9.92. The molecule has 0 spiro atoms. The van der Waals surface area contributed by atoms with Crippen LogP contribution in [0.2, 0.25) is 5.02 Å². The van der Waals surface area contributed by atoms with E-state index in [1.807, 2.05) is 32.9 Å². The van der Waals surface area contributed by atoms with Gasteiger partial charge >= 0.3 is 0 Å². The van der Waals surface area contributed by atoms with E-state index < -0.39 is 0 Å². The van der Waals surface area contributed by atoms with Crippen molar-refractivity contribution in [1.82, 2.24) is 5.32 Å². The molecule has 2 rings (SSSR count). The molecule has 1 nitrogen and oxygen atoms in total. The van der Waals surface area contributed by atoms with E-state index in [2.05, 4.69) is 18.3 Å². The molecule has 1 atom stereocenters. The third-order valence-corrected chi connectivity index (χ3v) is 4.06. The van der Waals surface area contributed by atoms with Crippen LogP contribution in [0, 0.1) is 26.6 Å². The van der Waals surface area contributed by atoms with Crippen LogP contribution in [0.1, 0.15) is 40.8 Å². The van der Waals surface area contributed by atoms with E-state index in [0.29, 0.717) is 5.02 Å². The highest BCUT2D eigenvalue weighted by atomic mass is 35.5. The van der Waals surface area contributed by atoms with Gasteiger partial charge in [0.2, 0.25) is 0 Å². The Morgan fingerprint density at radius 2 is 1.71 bits per heavy atom. The van der Waals surface area contributed by atoms with Gasteiger partial charge in [0.15, 0.2) is 0 Å². The maximum atomic E-state index is 13.7. The van der Waals surface area contributed by atoms with Crippen molar-refractivity contribution >= 4 is 11.6 Å². The molecule has 0 aliphatic rings. The van der Waals surface area contributed by atoms with Crippen LogP contribution in [0.3, 0.4) is 0 Å². The van der Waals surface area contributed by atoms with Gasteiger partial charge in [-0.15, -0.1) is 0 Å². The van der Waals surface area contributed by atoms with Crippen molar-refractivity contribution in [3.05, 3.63) is 69.0 Å². The lowest BCUT2D eigenvalue weighted by Crippen LogP contribution is -2.22. The minimum atomic E-state index is -0.215. The highest BCUT2D eigenvalue weighted by Crippen LogP contribution is 2.31. The lowest BCUT2D eigenvalue weighted by atomic mass is 9.94. The average Bonchev–Trinajstić information content (AvgIpc) is 2.39. The first kappa shape index (κ1) is 16.0. The Morgan fingerprint density at radius 1 is 1.05 bits per heavy atom. The Labute approximate surface area is 131 Å². The van der Waals surface area contributed by atoms with Crippen molar-refractivity contribution in [3.8, 4) is 0 Å². The minimum absolute atomic E-state index is 0.101. The summed E-state index contributed by atoms with van der Waals surface area (Å²) in [5.41, 5.74) is 5.15. The molecule has 0 heterocycles. The minimum Gasteiger partial charge on any atom is -0.306 e. The van der Waals surface area contributed by atoms with Crippen molar-refractivity contribution in [2.75, 3.05) is 6.54 Å². The van der Waals surface area contributed by atoms with E-state index in [9.17, 15) is 4.39 Å². The molecule has 0 saturated heterocycles. The highest BCUT2D eigenvalue weighted by Gasteiger charge is 2.18. The molecule has 1 unspecified atom stereocenters. The van der Waals surface area contributed by atoms with Crippen LogP contribution in [0.25, 0.3) is 0 Å². The topological polar surface area (TPSA) is 12.0 Å². The summed E-state index contributed by atoms with van der Waals surface area (Å²) in [6.07, 6.45) is 0. The first-order valence-corrected chi connectivity index (χ1v) is 7.57. The van der Waals surface area contributed by atoms with E-state index in [1.54, 1.807) is 6.07 Å². The maximum Gasteiger partial charge on any atom is 0.123 e. The van der Waals surface area contributed by atoms with Crippen LogP contribution in [0.15, 0.2) is 30.3 Å². The zero-order chi connectivity index (χ0) is 15.6. The highest BCUT2D eigenvalue weighted by molar-refractivity contribution is 6.31. The summed E-state index contributed by atoms with van der Waals surface area (Å²) >= 11 is 6.43. The molecule has 0 fully saturated rings. The summed E-state index contributed by atoms with van der Waals surface area (Å²) < 4.78 is 13.7. The zero-order valence-corrected chi connectivity index (χ0v) is 13.7. The van der Waals surface area contributed by atoms with Crippen molar-refractivity contribution in [1.29, 1.82) is 0 Å². The second-order valence-corrected chi connectivity index (χ2v) is 5.92. The third-order valence-electron chi connectivity index (χ3n) is 3.73. The molecule has 2 aromatic carbocycles. The molecule has 0 aliphatic heterocycles. The van der Waals surface area contributed by atoms with E-state index in [4.69, 9.17) is 11.6 Å². The fraction of sp³-hybridized carbons (Fsp3) is 0.333. The molecular formula is C18H21ClFN. The summed E-state index contributed by atoms with van der Waals surface area (Å²) in [6, 6.07) is 9.08. The second kappa shape index (κ2) is 6.59. The van der Waals surface area contributed by atoms with Gasteiger partial charge in [-0.3, -0.25) is 0 Å². The van der Waals surface area contributed by atoms with Crippen LogP contribution >= 0.6 is 11.6 Å². The molecule has 1 N–H and O–H groups in total. The summed E-state index contributed by atoms with van der Waals surface area (Å²) in [4.78, 5) is 0. The molecule has 0 aliphatic carbocycles. The molecular weight excluding hydrogens is 285 g/mol. The standard InChI is InChI=1S/C18H21ClFN/c1-5-21-18(14-6-11(2)7-15(20)10-14)16-8-12(3)13(4)9-17(16)19/h6-10,18,21H,5H2,1-4H3. The van der Waals surface area contributed by atoms with Gasteiger partial charge in [-0.1, -0.05) is 30.7 Å². The number of hydrogen-bond acceptors (Lipinski definition) is 1.